The van der Waals surface area contributed by atoms with Crippen LogP contribution in [0.5, 0.6) is 0 Å². The van der Waals surface area contributed by atoms with Crippen molar-refractivity contribution in [2.75, 3.05) is 0 Å². The van der Waals surface area contributed by atoms with Crippen LogP contribution in [0.1, 0.15) is 13.8 Å². The van der Waals surface area contributed by atoms with Gasteiger partial charge in [0.05, 0.1) is 11.0 Å². The summed E-state index contributed by atoms with van der Waals surface area (Å²) in [5, 5.41) is 4.35. The quantitative estimate of drug-likeness (QED) is 0.789. The number of carboxylic acid groups (broad SMARTS) is 1. The number of allylic oxidation sites excluding steroid dienone is 2. The van der Waals surface area contributed by atoms with Crippen LogP contribution in [0.15, 0.2) is 11.1 Å². The maximum atomic E-state index is 12.5. The molecule has 1 aliphatic rings. The van der Waals surface area contributed by atoms with E-state index in [1.165, 1.54) is 0 Å². The zero-order chi connectivity index (χ0) is 12.0. The molecule has 0 aromatic carbocycles. The molecule has 86 valence electrons. The average molecular weight is 259 g/mol. The van der Waals surface area contributed by atoms with Crippen LogP contribution in [0.2, 0.25) is 0 Å². The Kier molecular flexibility index (Phi) is 3.05. The molecule has 1 saturated carbocycles. The van der Waals surface area contributed by atoms with Crippen molar-refractivity contribution in [2.45, 2.75) is 19.2 Å². The van der Waals surface area contributed by atoms with Gasteiger partial charge in [-0.1, -0.05) is 31.5 Å². The van der Waals surface area contributed by atoms with E-state index in [0.717, 1.165) is 6.08 Å². The second-order valence-corrected chi connectivity index (χ2v) is 5.06. The summed E-state index contributed by atoms with van der Waals surface area (Å²) in [7, 11) is 0. The van der Waals surface area contributed by atoms with Gasteiger partial charge in [0.2, 0.25) is 0 Å². The molecule has 1 fully saturated rings. The Morgan fingerprint density at radius 1 is 1.53 bits per heavy atom. The van der Waals surface area contributed by atoms with Gasteiger partial charge in [0.1, 0.15) is 0 Å². The molecule has 1 rings (SSSR count). The fraction of sp³-hybridized carbons (Fsp3) is 0.667. The van der Waals surface area contributed by atoms with E-state index in [2.05, 4.69) is 0 Å². The SMILES string of the molecule is CC1(C)[C@@H](C=C(Cl)C(F)(F)Cl)[C@@H]1C(=O)O. The summed E-state index contributed by atoms with van der Waals surface area (Å²) in [5.74, 6) is -2.18. The minimum atomic E-state index is -3.62. The zero-order valence-electron chi connectivity index (χ0n) is 8.10. The van der Waals surface area contributed by atoms with E-state index in [4.69, 9.17) is 28.3 Å². The van der Waals surface area contributed by atoms with Gasteiger partial charge in [-0.15, -0.1) is 0 Å². The highest BCUT2D eigenvalue weighted by atomic mass is 35.5. The van der Waals surface area contributed by atoms with Crippen LogP contribution in [0.4, 0.5) is 8.78 Å². The van der Waals surface area contributed by atoms with Crippen LogP contribution in [0, 0.1) is 17.3 Å². The molecule has 0 aromatic heterocycles. The third kappa shape index (κ3) is 2.42. The smallest absolute Gasteiger partial charge is 0.358 e. The van der Waals surface area contributed by atoms with Gasteiger partial charge in [-0.25, -0.2) is 0 Å². The largest absolute Gasteiger partial charge is 0.481 e. The van der Waals surface area contributed by atoms with Crippen LogP contribution in [0.3, 0.4) is 0 Å². The van der Waals surface area contributed by atoms with Gasteiger partial charge in [-0.3, -0.25) is 4.79 Å². The lowest BCUT2D eigenvalue weighted by molar-refractivity contribution is -0.139. The molecular weight excluding hydrogens is 249 g/mol. The van der Waals surface area contributed by atoms with Gasteiger partial charge in [0, 0.05) is 0 Å². The van der Waals surface area contributed by atoms with Gasteiger partial charge >= 0.3 is 11.4 Å². The van der Waals surface area contributed by atoms with Gasteiger partial charge in [-0.2, -0.15) is 8.78 Å². The first-order valence-corrected chi connectivity index (χ1v) is 5.01. The Morgan fingerprint density at radius 2 is 2.00 bits per heavy atom. The minimum absolute atomic E-state index is 0.493. The Morgan fingerprint density at radius 3 is 2.27 bits per heavy atom. The van der Waals surface area contributed by atoms with E-state index in [1.54, 1.807) is 13.8 Å². The van der Waals surface area contributed by atoms with E-state index in [1.807, 2.05) is 0 Å². The van der Waals surface area contributed by atoms with Crippen LogP contribution in [0.25, 0.3) is 0 Å². The molecule has 0 heterocycles. The molecule has 15 heavy (non-hydrogen) atoms. The molecular formula is C9H10Cl2F2O2. The highest BCUT2D eigenvalue weighted by Gasteiger charge is 2.61. The second kappa shape index (κ2) is 3.59. The van der Waals surface area contributed by atoms with Crippen molar-refractivity contribution in [2.24, 2.45) is 17.3 Å². The van der Waals surface area contributed by atoms with E-state index >= 15 is 0 Å². The standard InChI is InChI=1S/C9H10Cl2F2O2/c1-8(2)4(6(8)7(14)15)3-5(10)9(11,12)13/h3-4,6H,1-2H3,(H,14,15)/t4-,6+/m0/s1. The fourth-order valence-corrected chi connectivity index (χ4v) is 1.91. The van der Waals surface area contributed by atoms with Crippen molar-refractivity contribution >= 4 is 29.2 Å². The van der Waals surface area contributed by atoms with Crippen LogP contribution in [-0.4, -0.2) is 16.5 Å². The van der Waals surface area contributed by atoms with Crippen molar-refractivity contribution in [1.82, 2.24) is 0 Å². The number of aliphatic carboxylic acids is 1. The minimum Gasteiger partial charge on any atom is -0.481 e. The Balaban J connectivity index is 2.83. The molecule has 0 radical (unpaired) electrons. The summed E-state index contributed by atoms with van der Waals surface area (Å²) < 4.78 is 25.0. The first kappa shape index (κ1) is 12.7. The number of halogens is 4. The summed E-state index contributed by atoms with van der Waals surface area (Å²) >= 11 is 9.97. The molecule has 0 saturated heterocycles. The summed E-state index contributed by atoms with van der Waals surface area (Å²) in [4.78, 5) is 10.7. The Bertz CT molecular complexity index is 321. The second-order valence-electron chi connectivity index (χ2n) is 4.18. The first-order chi connectivity index (χ1) is 6.58. The summed E-state index contributed by atoms with van der Waals surface area (Å²) in [5.41, 5.74) is -0.548. The molecule has 0 unspecified atom stereocenters. The molecule has 0 bridgehead atoms. The van der Waals surface area contributed by atoms with Crippen molar-refractivity contribution in [1.29, 1.82) is 0 Å². The van der Waals surface area contributed by atoms with Gasteiger partial charge in [-0.05, 0) is 22.9 Å². The zero-order valence-corrected chi connectivity index (χ0v) is 9.61. The molecule has 2 nitrogen and oxygen atoms in total. The average Bonchev–Trinajstić information content (AvgIpc) is 2.50. The van der Waals surface area contributed by atoms with Crippen molar-refractivity contribution in [3.8, 4) is 0 Å². The van der Waals surface area contributed by atoms with Crippen molar-refractivity contribution < 1.29 is 18.7 Å². The third-order valence-corrected chi connectivity index (χ3v) is 3.44. The van der Waals surface area contributed by atoms with Crippen LogP contribution >= 0.6 is 23.2 Å². The monoisotopic (exact) mass is 258 g/mol. The lowest BCUT2D eigenvalue weighted by atomic mass is 10.1. The molecule has 0 aromatic rings. The maximum Gasteiger partial charge on any atom is 0.358 e. The van der Waals surface area contributed by atoms with E-state index in [9.17, 15) is 13.6 Å². The van der Waals surface area contributed by atoms with E-state index in [0.29, 0.717) is 0 Å². The van der Waals surface area contributed by atoms with Crippen LogP contribution in [-0.2, 0) is 4.79 Å². The van der Waals surface area contributed by atoms with Gasteiger partial charge < -0.3 is 5.11 Å². The number of hydrogen-bond acceptors (Lipinski definition) is 1. The third-order valence-electron chi connectivity index (χ3n) is 2.77. The van der Waals surface area contributed by atoms with Crippen LogP contribution < -0.4 is 0 Å². The summed E-state index contributed by atoms with van der Waals surface area (Å²) in [6, 6.07) is 0. The topological polar surface area (TPSA) is 37.3 Å². The molecule has 6 heteroatoms. The molecule has 0 amide bonds. The van der Waals surface area contributed by atoms with E-state index < -0.39 is 33.6 Å². The number of carboxylic acids is 1. The lowest BCUT2D eigenvalue weighted by Crippen LogP contribution is -2.06. The predicted molar refractivity (Wildman–Crippen MR) is 53.1 cm³/mol. The molecule has 2 atom stereocenters. The summed E-state index contributed by atoms with van der Waals surface area (Å²) in [6.07, 6.45) is 1.04. The molecule has 0 aliphatic heterocycles. The Hall–Kier alpha value is -0.350. The lowest BCUT2D eigenvalue weighted by Gasteiger charge is -2.05. The number of alkyl halides is 3. The maximum absolute atomic E-state index is 12.5. The fourth-order valence-electron chi connectivity index (χ4n) is 1.71. The highest BCUT2D eigenvalue weighted by Crippen LogP contribution is 2.60. The first-order valence-electron chi connectivity index (χ1n) is 4.26. The normalized spacial score (nSPS) is 30.1. The van der Waals surface area contributed by atoms with Crippen molar-refractivity contribution in [3.05, 3.63) is 11.1 Å². The van der Waals surface area contributed by atoms with E-state index in [-0.39, 0.29) is 0 Å². The Labute approximate surface area is 95.9 Å². The van der Waals surface area contributed by atoms with Gasteiger partial charge in [0.25, 0.3) is 0 Å². The van der Waals surface area contributed by atoms with Gasteiger partial charge in [0.15, 0.2) is 0 Å². The molecule has 0 spiro atoms. The van der Waals surface area contributed by atoms with Crippen molar-refractivity contribution in [3.63, 3.8) is 0 Å². The molecule has 1 N–H and O–H groups in total. The number of hydrogen-bond donors (Lipinski definition) is 1. The number of carbonyl (C=O) groups is 1. The number of rotatable bonds is 3. The molecule has 1 aliphatic carbocycles. The summed E-state index contributed by atoms with van der Waals surface area (Å²) in [6.45, 7) is 3.37. The predicted octanol–water partition coefficient (Wildman–Crippen LogP) is 3.30. The highest BCUT2D eigenvalue weighted by molar-refractivity contribution is 6.38.